The maximum absolute atomic E-state index is 11.2. The van der Waals surface area contributed by atoms with Crippen LogP contribution in [0.25, 0.3) is 21.5 Å². The third-order valence-corrected chi connectivity index (χ3v) is 3.76. The molecular formula is C17H12O2S. The summed E-state index contributed by atoms with van der Waals surface area (Å²) in [4.78, 5) is 11.2. The SMILES string of the molecule is O=C(O)C(C=S)c1ccc2cc3ccccc3cc2c1. The molecule has 0 aliphatic carbocycles. The Hall–Kier alpha value is -2.26. The van der Waals surface area contributed by atoms with Crippen LogP contribution in [0.4, 0.5) is 0 Å². The lowest BCUT2D eigenvalue weighted by atomic mass is 9.96. The van der Waals surface area contributed by atoms with Gasteiger partial charge in [-0.2, -0.15) is 0 Å². The third kappa shape index (κ3) is 2.17. The second-order valence-corrected chi connectivity index (χ2v) is 5.03. The number of thiocarbonyl (C=S) groups is 1. The first-order chi connectivity index (χ1) is 9.69. The molecule has 3 aromatic carbocycles. The molecule has 0 bridgehead atoms. The molecule has 98 valence electrons. The molecule has 0 spiro atoms. The van der Waals surface area contributed by atoms with Gasteiger partial charge in [-0.1, -0.05) is 48.6 Å². The van der Waals surface area contributed by atoms with Gasteiger partial charge in [0.15, 0.2) is 0 Å². The van der Waals surface area contributed by atoms with Crippen molar-refractivity contribution in [2.75, 3.05) is 0 Å². The molecule has 3 aromatic rings. The summed E-state index contributed by atoms with van der Waals surface area (Å²) in [5.41, 5.74) is 0.718. The molecule has 1 atom stereocenters. The molecule has 0 saturated heterocycles. The summed E-state index contributed by atoms with van der Waals surface area (Å²) < 4.78 is 0. The van der Waals surface area contributed by atoms with E-state index in [1.807, 2.05) is 30.3 Å². The van der Waals surface area contributed by atoms with E-state index in [4.69, 9.17) is 12.2 Å². The molecule has 0 aromatic heterocycles. The van der Waals surface area contributed by atoms with Crippen LogP contribution in [0.3, 0.4) is 0 Å². The van der Waals surface area contributed by atoms with Crippen LogP contribution in [-0.4, -0.2) is 16.4 Å². The minimum Gasteiger partial charge on any atom is -0.481 e. The topological polar surface area (TPSA) is 37.3 Å². The fourth-order valence-corrected chi connectivity index (χ4v) is 2.70. The zero-order valence-electron chi connectivity index (χ0n) is 10.6. The molecule has 0 heterocycles. The Labute approximate surface area is 121 Å². The number of hydrogen-bond donors (Lipinski definition) is 1. The Bertz CT molecular complexity index is 823. The lowest BCUT2D eigenvalue weighted by Crippen LogP contribution is -2.11. The third-order valence-electron chi connectivity index (χ3n) is 3.49. The van der Waals surface area contributed by atoms with Crippen molar-refractivity contribution in [3.63, 3.8) is 0 Å². The number of aliphatic carboxylic acids is 1. The van der Waals surface area contributed by atoms with Crippen molar-refractivity contribution in [1.82, 2.24) is 0 Å². The Balaban J connectivity index is 2.22. The molecule has 1 N–H and O–H groups in total. The fraction of sp³-hybridized carbons (Fsp3) is 0.0588. The number of hydrogen-bond acceptors (Lipinski definition) is 2. The maximum atomic E-state index is 11.2. The van der Waals surface area contributed by atoms with Gasteiger partial charge in [-0.05, 0) is 50.7 Å². The fourth-order valence-electron chi connectivity index (χ4n) is 2.43. The normalized spacial score (nSPS) is 12.4. The minimum absolute atomic E-state index is 0.718. The second-order valence-electron chi connectivity index (χ2n) is 4.76. The average Bonchev–Trinajstić information content (AvgIpc) is 2.45. The summed E-state index contributed by atoms with van der Waals surface area (Å²) in [7, 11) is 0. The molecule has 0 saturated carbocycles. The summed E-state index contributed by atoms with van der Waals surface area (Å²) in [6.07, 6.45) is 0. The molecule has 3 rings (SSSR count). The monoisotopic (exact) mass is 280 g/mol. The first kappa shape index (κ1) is 12.8. The number of carbonyl (C=O) groups is 1. The highest BCUT2D eigenvalue weighted by Gasteiger charge is 2.16. The van der Waals surface area contributed by atoms with E-state index in [0.717, 1.165) is 21.7 Å². The molecule has 1 unspecified atom stereocenters. The largest absolute Gasteiger partial charge is 0.481 e. The van der Waals surface area contributed by atoms with E-state index < -0.39 is 11.9 Å². The summed E-state index contributed by atoms with van der Waals surface area (Å²) in [6.45, 7) is 0. The molecule has 0 radical (unpaired) electrons. The van der Waals surface area contributed by atoms with Gasteiger partial charge in [-0.3, -0.25) is 4.79 Å². The zero-order chi connectivity index (χ0) is 14.1. The Morgan fingerprint density at radius 2 is 1.55 bits per heavy atom. The van der Waals surface area contributed by atoms with E-state index >= 15 is 0 Å². The number of carboxylic acids is 1. The van der Waals surface area contributed by atoms with Crippen LogP contribution in [0.15, 0.2) is 54.6 Å². The smallest absolute Gasteiger partial charge is 0.315 e. The zero-order valence-corrected chi connectivity index (χ0v) is 11.4. The first-order valence-corrected chi connectivity index (χ1v) is 6.77. The highest BCUT2D eigenvalue weighted by atomic mass is 32.1. The van der Waals surface area contributed by atoms with Crippen molar-refractivity contribution in [2.45, 2.75) is 5.92 Å². The standard InChI is InChI=1S/C17H12O2S/c18-17(19)16(10-20)14-6-5-13-7-11-3-1-2-4-12(11)8-15(13)9-14/h1-10,16H,(H,18,19). The predicted molar refractivity (Wildman–Crippen MR) is 85.5 cm³/mol. The molecule has 3 heteroatoms. The second kappa shape index (κ2) is 5.02. The van der Waals surface area contributed by atoms with Gasteiger partial charge in [0, 0.05) is 0 Å². The Morgan fingerprint density at radius 3 is 2.15 bits per heavy atom. The molecule has 0 aliphatic rings. The Morgan fingerprint density at radius 1 is 0.950 bits per heavy atom. The van der Waals surface area contributed by atoms with E-state index in [1.165, 1.54) is 10.8 Å². The summed E-state index contributed by atoms with van der Waals surface area (Å²) in [5, 5.41) is 14.9. The van der Waals surface area contributed by atoms with Crippen molar-refractivity contribution < 1.29 is 9.90 Å². The molecule has 0 fully saturated rings. The van der Waals surface area contributed by atoms with Crippen LogP contribution in [0.2, 0.25) is 0 Å². The van der Waals surface area contributed by atoms with Crippen LogP contribution in [0.1, 0.15) is 11.5 Å². The van der Waals surface area contributed by atoms with Crippen LogP contribution in [0, 0.1) is 0 Å². The van der Waals surface area contributed by atoms with Gasteiger partial charge in [0.05, 0.1) is 0 Å². The van der Waals surface area contributed by atoms with Gasteiger partial charge >= 0.3 is 5.97 Å². The van der Waals surface area contributed by atoms with Gasteiger partial charge in [0.25, 0.3) is 0 Å². The lowest BCUT2D eigenvalue weighted by Gasteiger charge is -2.09. The lowest BCUT2D eigenvalue weighted by molar-refractivity contribution is -0.136. The van der Waals surface area contributed by atoms with E-state index in [9.17, 15) is 9.90 Å². The molecule has 20 heavy (non-hydrogen) atoms. The van der Waals surface area contributed by atoms with Crippen molar-refractivity contribution in [3.8, 4) is 0 Å². The van der Waals surface area contributed by atoms with E-state index in [-0.39, 0.29) is 0 Å². The van der Waals surface area contributed by atoms with Crippen LogP contribution in [0.5, 0.6) is 0 Å². The number of benzene rings is 3. The van der Waals surface area contributed by atoms with E-state index in [2.05, 4.69) is 24.3 Å². The van der Waals surface area contributed by atoms with Crippen molar-refractivity contribution in [2.24, 2.45) is 0 Å². The summed E-state index contributed by atoms with van der Waals surface area (Å²) >= 11 is 4.83. The summed E-state index contributed by atoms with van der Waals surface area (Å²) in [6, 6.07) is 18.0. The molecule has 0 aliphatic heterocycles. The predicted octanol–water partition coefficient (Wildman–Crippen LogP) is 4.16. The number of carboxylic acid groups (broad SMARTS) is 1. The van der Waals surface area contributed by atoms with Gasteiger partial charge < -0.3 is 5.11 Å². The summed E-state index contributed by atoms with van der Waals surface area (Å²) in [5.74, 6) is -1.65. The Kier molecular flexibility index (Phi) is 3.20. The highest BCUT2D eigenvalue weighted by molar-refractivity contribution is 7.79. The van der Waals surface area contributed by atoms with Gasteiger partial charge in [-0.25, -0.2) is 0 Å². The van der Waals surface area contributed by atoms with Crippen molar-refractivity contribution in [1.29, 1.82) is 0 Å². The first-order valence-electron chi connectivity index (χ1n) is 6.29. The number of rotatable bonds is 3. The van der Waals surface area contributed by atoms with Gasteiger partial charge in [0.1, 0.15) is 5.92 Å². The van der Waals surface area contributed by atoms with Crippen molar-refractivity contribution >= 4 is 45.1 Å². The molecule has 0 amide bonds. The minimum atomic E-state index is -0.917. The maximum Gasteiger partial charge on any atom is 0.315 e. The highest BCUT2D eigenvalue weighted by Crippen LogP contribution is 2.26. The van der Waals surface area contributed by atoms with E-state index in [0.29, 0.717) is 0 Å². The van der Waals surface area contributed by atoms with Crippen LogP contribution >= 0.6 is 12.2 Å². The van der Waals surface area contributed by atoms with Crippen LogP contribution < -0.4 is 0 Å². The van der Waals surface area contributed by atoms with Gasteiger partial charge in [0.2, 0.25) is 0 Å². The van der Waals surface area contributed by atoms with Crippen LogP contribution in [-0.2, 0) is 4.79 Å². The quantitative estimate of drug-likeness (QED) is 0.578. The van der Waals surface area contributed by atoms with Crippen molar-refractivity contribution in [3.05, 3.63) is 60.2 Å². The van der Waals surface area contributed by atoms with E-state index in [1.54, 1.807) is 0 Å². The number of fused-ring (bicyclic) bond motifs is 2. The molecular weight excluding hydrogens is 268 g/mol. The molecule has 2 nitrogen and oxygen atoms in total. The van der Waals surface area contributed by atoms with Gasteiger partial charge in [-0.15, -0.1) is 0 Å². The average molecular weight is 280 g/mol.